The summed E-state index contributed by atoms with van der Waals surface area (Å²) in [7, 11) is 0. The number of nitrogens with zero attached hydrogens (tertiary/aromatic N) is 1. The van der Waals surface area contributed by atoms with Gasteiger partial charge in [0.1, 0.15) is 11.9 Å². The third-order valence-corrected chi connectivity index (χ3v) is 7.96. The second-order valence-corrected chi connectivity index (χ2v) is 10.3. The number of hydrogen-bond donors (Lipinski definition) is 3. The third kappa shape index (κ3) is 2.78. The Morgan fingerprint density at radius 2 is 1.97 bits per heavy atom. The Morgan fingerprint density at radius 1 is 1.20 bits per heavy atom. The number of carbonyl (C=O) groups excluding carboxylic acids is 1. The highest BCUT2D eigenvalue weighted by atomic mass is 35.5. The molecule has 1 unspecified atom stereocenters. The van der Waals surface area contributed by atoms with Crippen LogP contribution in [0.3, 0.4) is 0 Å². The first kappa shape index (κ1) is 18.9. The number of ether oxygens (including phenoxy) is 1. The number of oxime groups is 1. The van der Waals surface area contributed by atoms with Crippen molar-refractivity contribution in [2.75, 3.05) is 0 Å². The zero-order valence-corrected chi connectivity index (χ0v) is 17.3. The molecule has 3 N–H and O–H groups in total. The number of rotatable bonds is 4. The molecule has 160 valence electrons. The van der Waals surface area contributed by atoms with Crippen LogP contribution >= 0.6 is 11.6 Å². The quantitative estimate of drug-likeness (QED) is 0.678. The van der Waals surface area contributed by atoms with E-state index in [0.717, 1.165) is 44.2 Å². The number of halogens is 1. The molecule has 3 atom stereocenters. The van der Waals surface area contributed by atoms with Crippen molar-refractivity contribution in [2.24, 2.45) is 16.5 Å². The van der Waals surface area contributed by atoms with Crippen molar-refractivity contribution in [3.63, 3.8) is 0 Å². The lowest BCUT2D eigenvalue weighted by atomic mass is 9.37. The monoisotopic (exact) mass is 432 g/mol. The molecular formula is C22H25ClN2O5. The van der Waals surface area contributed by atoms with Crippen LogP contribution < -0.4 is 10.1 Å². The predicted octanol–water partition coefficient (Wildman–Crippen LogP) is 2.48. The van der Waals surface area contributed by atoms with Crippen molar-refractivity contribution in [2.45, 2.75) is 74.9 Å². The van der Waals surface area contributed by atoms with Crippen LogP contribution in [0.1, 0.15) is 56.6 Å². The highest BCUT2D eigenvalue weighted by Crippen LogP contribution is 2.69. The van der Waals surface area contributed by atoms with Crippen LogP contribution in [0, 0.1) is 11.3 Å². The molecular weight excluding hydrogens is 408 g/mol. The minimum Gasteiger partial charge on any atom is -0.480 e. The van der Waals surface area contributed by atoms with Gasteiger partial charge in [-0.05, 0) is 50.3 Å². The average Bonchev–Trinajstić information content (AvgIpc) is 3.10. The second-order valence-electron chi connectivity index (χ2n) is 9.89. The van der Waals surface area contributed by atoms with Gasteiger partial charge in [0.05, 0.1) is 17.9 Å². The molecule has 8 heteroatoms. The molecule has 7 rings (SSSR count). The van der Waals surface area contributed by atoms with Crippen molar-refractivity contribution in [3.8, 4) is 5.75 Å². The first-order valence-corrected chi connectivity index (χ1v) is 11.1. The van der Waals surface area contributed by atoms with Crippen LogP contribution in [-0.2, 0) is 9.63 Å². The lowest BCUT2D eigenvalue weighted by Crippen LogP contribution is -2.77. The fraction of sp³-hybridized carbons (Fsp3) is 0.636. The smallest absolute Gasteiger partial charge is 0.261 e. The van der Waals surface area contributed by atoms with Crippen LogP contribution in [-0.4, -0.2) is 45.7 Å². The molecule has 0 aromatic heterocycles. The zero-order valence-electron chi connectivity index (χ0n) is 16.5. The minimum atomic E-state index is -0.769. The summed E-state index contributed by atoms with van der Waals surface area (Å²) in [6, 6.07) is 5.08. The number of fused-ring (bicyclic) bond motifs is 1. The number of aliphatic hydroxyl groups excluding tert-OH is 2. The molecule has 1 amide bonds. The molecule has 0 saturated heterocycles. The second kappa shape index (κ2) is 6.34. The number of amides is 1. The Balaban J connectivity index is 1.04. The van der Waals surface area contributed by atoms with E-state index in [1.54, 1.807) is 18.2 Å². The first-order valence-electron chi connectivity index (χ1n) is 10.7. The number of benzene rings is 1. The molecule has 0 radical (unpaired) electrons. The molecule has 2 aliphatic heterocycles. The standard InChI is InChI=1S/C22H25ClN2O5/c23-12-1-2-16-14(5-12)15(27)6-18(29-16)20(28)24-22-8-21(9-22,10-22)19-7-17(30-25-19)11-3-13(26)4-11/h1-2,5,11,13,15,17-18,26-27H,3-4,6-10H2,(H,24,28)/t11?,13?,15-,17?,18+,21?,22?/m1/s1. The number of aliphatic hydroxyl groups is 2. The fourth-order valence-corrected chi connectivity index (χ4v) is 6.22. The van der Waals surface area contributed by atoms with Crippen molar-refractivity contribution in [1.82, 2.24) is 5.32 Å². The summed E-state index contributed by atoms with van der Waals surface area (Å²) in [6.45, 7) is 0. The lowest BCUT2D eigenvalue weighted by Gasteiger charge is -2.70. The van der Waals surface area contributed by atoms with E-state index in [1.807, 2.05) is 0 Å². The van der Waals surface area contributed by atoms with Gasteiger partial charge in [-0.2, -0.15) is 0 Å². The van der Waals surface area contributed by atoms with Gasteiger partial charge in [0.2, 0.25) is 0 Å². The van der Waals surface area contributed by atoms with Gasteiger partial charge in [0.15, 0.2) is 6.10 Å². The topological polar surface area (TPSA) is 100 Å². The molecule has 1 aromatic rings. The van der Waals surface area contributed by atoms with E-state index in [4.69, 9.17) is 21.2 Å². The summed E-state index contributed by atoms with van der Waals surface area (Å²) in [4.78, 5) is 18.5. The molecule has 4 saturated carbocycles. The molecule has 7 nitrogen and oxygen atoms in total. The van der Waals surface area contributed by atoms with Gasteiger partial charge >= 0.3 is 0 Å². The Kier molecular flexibility index (Phi) is 4.00. The highest BCUT2D eigenvalue weighted by molar-refractivity contribution is 6.30. The number of hydrogen-bond acceptors (Lipinski definition) is 6. The third-order valence-electron chi connectivity index (χ3n) is 7.73. The largest absolute Gasteiger partial charge is 0.480 e. The summed E-state index contributed by atoms with van der Waals surface area (Å²) >= 11 is 6.00. The van der Waals surface area contributed by atoms with E-state index in [1.165, 1.54) is 0 Å². The molecule has 2 bridgehead atoms. The maximum Gasteiger partial charge on any atom is 0.261 e. The highest BCUT2D eigenvalue weighted by Gasteiger charge is 2.71. The Bertz CT molecular complexity index is 924. The van der Waals surface area contributed by atoms with Crippen LogP contribution in [0.2, 0.25) is 5.02 Å². The summed E-state index contributed by atoms with van der Waals surface area (Å²) in [5, 5.41) is 28.0. The van der Waals surface area contributed by atoms with Gasteiger partial charge in [0, 0.05) is 40.3 Å². The molecule has 30 heavy (non-hydrogen) atoms. The lowest BCUT2D eigenvalue weighted by molar-refractivity contribution is -0.149. The fourth-order valence-electron chi connectivity index (χ4n) is 6.04. The molecule has 2 heterocycles. The molecule has 6 aliphatic rings. The Labute approximate surface area is 179 Å². The normalized spacial score (nSPS) is 43.0. The summed E-state index contributed by atoms with van der Waals surface area (Å²) < 4.78 is 5.85. The van der Waals surface area contributed by atoms with E-state index < -0.39 is 12.2 Å². The average molecular weight is 433 g/mol. The zero-order chi connectivity index (χ0) is 20.7. The van der Waals surface area contributed by atoms with Gasteiger partial charge in [-0.25, -0.2) is 0 Å². The predicted molar refractivity (Wildman–Crippen MR) is 108 cm³/mol. The minimum absolute atomic E-state index is 0.0701. The Morgan fingerprint density at radius 3 is 2.70 bits per heavy atom. The molecule has 4 fully saturated rings. The first-order chi connectivity index (χ1) is 14.3. The summed E-state index contributed by atoms with van der Waals surface area (Å²) in [5.41, 5.74) is 1.64. The summed E-state index contributed by atoms with van der Waals surface area (Å²) in [6.07, 6.45) is 3.78. The van der Waals surface area contributed by atoms with Crippen molar-refractivity contribution in [1.29, 1.82) is 0 Å². The van der Waals surface area contributed by atoms with Gasteiger partial charge in [-0.15, -0.1) is 0 Å². The van der Waals surface area contributed by atoms with Crippen LogP contribution in [0.15, 0.2) is 23.4 Å². The van der Waals surface area contributed by atoms with E-state index in [9.17, 15) is 15.0 Å². The van der Waals surface area contributed by atoms with Crippen molar-refractivity contribution < 1.29 is 24.6 Å². The maximum absolute atomic E-state index is 12.8. The van der Waals surface area contributed by atoms with E-state index in [2.05, 4.69) is 10.5 Å². The van der Waals surface area contributed by atoms with Crippen LogP contribution in [0.25, 0.3) is 0 Å². The Hall–Kier alpha value is -1.83. The van der Waals surface area contributed by atoms with Gasteiger partial charge < -0.3 is 25.1 Å². The van der Waals surface area contributed by atoms with Gasteiger partial charge in [0.25, 0.3) is 5.91 Å². The molecule has 0 spiro atoms. The van der Waals surface area contributed by atoms with E-state index >= 15 is 0 Å². The maximum atomic E-state index is 12.8. The summed E-state index contributed by atoms with van der Waals surface area (Å²) in [5.74, 6) is 0.751. The SMILES string of the molecule is O=C(NC12CC(C3=NOC(C4CC(O)C4)C3)(C1)C2)[C@@H]1C[C@@H](O)c2cc(Cl)ccc2O1. The van der Waals surface area contributed by atoms with E-state index in [0.29, 0.717) is 22.3 Å². The van der Waals surface area contributed by atoms with E-state index in [-0.39, 0.29) is 35.5 Å². The van der Waals surface area contributed by atoms with Crippen molar-refractivity contribution >= 4 is 23.2 Å². The van der Waals surface area contributed by atoms with Crippen molar-refractivity contribution in [3.05, 3.63) is 28.8 Å². The van der Waals surface area contributed by atoms with Gasteiger partial charge in [-0.3, -0.25) is 4.79 Å². The number of carbonyl (C=O) groups is 1. The molecule has 1 aromatic carbocycles. The van der Waals surface area contributed by atoms with Gasteiger partial charge in [-0.1, -0.05) is 16.8 Å². The van der Waals surface area contributed by atoms with Crippen LogP contribution in [0.4, 0.5) is 0 Å². The number of nitrogens with one attached hydrogen (secondary N) is 1. The van der Waals surface area contributed by atoms with Crippen LogP contribution in [0.5, 0.6) is 5.75 Å². The molecule has 4 aliphatic carbocycles.